The molecule has 0 aliphatic heterocycles. The monoisotopic (exact) mass is 350 g/mol. The number of nitrogens with one attached hydrogen (secondary N) is 2. The van der Waals surface area contributed by atoms with E-state index in [4.69, 9.17) is 4.42 Å². The van der Waals surface area contributed by atoms with Gasteiger partial charge in [0.05, 0.1) is 18.0 Å². The second kappa shape index (κ2) is 5.45. The first kappa shape index (κ1) is 14.7. The molecule has 26 heavy (non-hydrogen) atoms. The van der Waals surface area contributed by atoms with Crippen LogP contribution in [-0.2, 0) is 0 Å². The number of rotatable bonds is 4. The Hall–Kier alpha value is -3.62. The summed E-state index contributed by atoms with van der Waals surface area (Å²) in [6, 6.07) is 7.53. The van der Waals surface area contributed by atoms with Gasteiger partial charge in [-0.25, -0.2) is 9.78 Å². The lowest BCUT2D eigenvalue weighted by molar-refractivity contribution is 0.194. The molecule has 0 bridgehead atoms. The molecule has 0 atom stereocenters. The zero-order chi connectivity index (χ0) is 17.7. The van der Waals surface area contributed by atoms with Crippen molar-refractivity contribution in [1.29, 1.82) is 0 Å². The summed E-state index contributed by atoms with van der Waals surface area (Å²) >= 11 is 0. The number of nitrogens with zero attached hydrogens (tertiary/aromatic N) is 4. The number of hydrogen-bond donors (Lipinski definition) is 3. The molecule has 1 fully saturated rings. The van der Waals surface area contributed by atoms with Gasteiger partial charge in [0.2, 0.25) is 5.95 Å². The van der Waals surface area contributed by atoms with Gasteiger partial charge in [0, 0.05) is 23.2 Å². The number of benzene rings is 1. The van der Waals surface area contributed by atoms with Gasteiger partial charge in [-0.15, -0.1) is 0 Å². The SMILES string of the molecule is O=C(O)n1ncc2ccc(Nc3nc(NC4CC4)c4occc4n3)cc21. The van der Waals surface area contributed by atoms with Crippen LogP contribution < -0.4 is 10.6 Å². The van der Waals surface area contributed by atoms with E-state index in [1.165, 1.54) is 6.20 Å². The highest BCUT2D eigenvalue weighted by molar-refractivity contribution is 5.90. The zero-order valence-electron chi connectivity index (χ0n) is 13.5. The van der Waals surface area contributed by atoms with Gasteiger partial charge in [-0.3, -0.25) is 0 Å². The number of fused-ring (bicyclic) bond motifs is 2. The first-order chi connectivity index (χ1) is 12.7. The van der Waals surface area contributed by atoms with Crippen LogP contribution in [-0.4, -0.2) is 37.0 Å². The summed E-state index contributed by atoms with van der Waals surface area (Å²) in [5, 5.41) is 20.3. The van der Waals surface area contributed by atoms with Crippen LogP contribution in [0, 0.1) is 0 Å². The lowest BCUT2D eigenvalue weighted by atomic mass is 10.2. The molecule has 9 nitrogen and oxygen atoms in total. The van der Waals surface area contributed by atoms with Crippen molar-refractivity contribution in [2.75, 3.05) is 10.6 Å². The van der Waals surface area contributed by atoms with Crippen molar-refractivity contribution < 1.29 is 14.3 Å². The van der Waals surface area contributed by atoms with Crippen LogP contribution in [0.25, 0.3) is 22.0 Å². The average molecular weight is 350 g/mol. The maximum atomic E-state index is 11.3. The van der Waals surface area contributed by atoms with E-state index in [2.05, 4.69) is 25.7 Å². The van der Waals surface area contributed by atoms with Gasteiger partial charge in [0.1, 0.15) is 5.52 Å². The van der Waals surface area contributed by atoms with Gasteiger partial charge in [-0.1, -0.05) is 0 Å². The Bertz CT molecular complexity index is 1140. The van der Waals surface area contributed by atoms with Crippen LogP contribution in [0.4, 0.5) is 22.2 Å². The molecule has 9 heteroatoms. The molecule has 1 aliphatic carbocycles. The van der Waals surface area contributed by atoms with E-state index in [0.717, 1.165) is 22.9 Å². The Balaban J connectivity index is 1.53. The van der Waals surface area contributed by atoms with Gasteiger partial charge in [0.25, 0.3) is 0 Å². The molecule has 1 aliphatic rings. The molecular formula is C17H14N6O3. The first-order valence-corrected chi connectivity index (χ1v) is 8.17. The molecule has 1 saturated carbocycles. The topological polar surface area (TPSA) is 118 Å². The van der Waals surface area contributed by atoms with E-state index in [-0.39, 0.29) is 0 Å². The molecule has 4 aromatic rings. The maximum Gasteiger partial charge on any atom is 0.432 e. The Morgan fingerprint density at radius 1 is 1.27 bits per heavy atom. The van der Waals surface area contributed by atoms with E-state index >= 15 is 0 Å². The quantitative estimate of drug-likeness (QED) is 0.512. The summed E-state index contributed by atoms with van der Waals surface area (Å²) in [6.07, 6.45) is 4.19. The molecule has 130 valence electrons. The Morgan fingerprint density at radius 3 is 2.96 bits per heavy atom. The van der Waals surface area contributed by atoms with Crippen molar-refractivity contribution in [1.82, 2.24) is 19.7 Å². The second-order valence-corrected chi connectivity index (χ2v) is 6.19. The first-order valence-electron chi connectivity index (χ1n) is 8.17. The lowest BCUT2D eigenvalue weighted by Crippen LogP contribution is -2.09. The largest absolute Gasteiger partial charge is 0.463 e. The number of carbonyl (C=O) groups is 1. The fourth-order valence-electron chi connectivity index (χ4n) is 2.82. The summed E-state index contributed by atoms with van der Waals surface area (Å²) < 4.78 is 6.41. The van der Waals surface area contributed by atoms with Crippen molar-refractivity contribution in [2.24, 2.45) is 0 Å². The summed E-state index contributed by atoms with van der Waals surface area (Å²) in [6.45, 7) is 0. The fraction of sp³-hybridized carbons (Fsp3) is 0.176. The Kier molecular flexibility index (Phi) is 3.08. The second-order valence-electron chi connectivity index (χ2n) is 6.19. The smallest absolute Gasteiger partial charge is 0.432 e. The van der Waals surface area contributed by atoms with E-state index in [1.807, 2.05) is 6.07 Å². The van der Waals surface area contributed by atoms with Crippen LogP contribution in [0.3, 0.4) is 0 Å². The van der Waals surface area contributed by atoms with Crippen LogP contribution in [0.5, 0.6) is 0 Å². The molecular weight excluding hydrogens is 336 g/mol. The summed E-state index contributed by atoms with van der Waals surface area (Å²) in [7, 11) is 0. The molecule has 0 amide bonds. The highest BCUT2D eigenvalue weighted by atomic mass is 16.4. The zero-order valence-corrected chi connectivity index (χ0v) is 13.5. The minimum absolute atomic E-state index is 0.405. The minimum Gasteiger partial charge on any atom is -0.463 e. The molecule has 1 aromatic carbocycles. The predicted octanol–water partition coefficient (Wildman–Crippen LogP) is 3.42. The third kappa shape index (κ3) is 2.50. The van der Waals surface area contributed by atoms with E-state index in [1.54, 1.807) is 24.5 Å². The third-order valence-electron chi connectivity index (χ3n) is 4.23. The standard InChI is InChI=1S/C17H14N6O3/c24-17(25)23-13-7-11(2-1-9(13)8-18-23)20-16-21-12-5-6-26-14(12)15(22-16)19-10-3-4-10/h1-2,5-8,10H,3-4H2,(H,24,25)(H2,19,20,21,22). The van der Waals surface area contributed by atoms with Crippen molar-refractivity contribution in [2.45, 2.75) is 18.9 Å². The van der Waals surface area contributed by atoms with Crippen LogP contribution >= 0.6 is 0 Å². The molecule has 0 radical (unpaired) electrons. The van der Waals surface area contributed by atoms with Gasteiger partial charge >= 0.3 is 6.09 Å². The molecule has 3 aromatic heterocycles. The number of anilines is 3. The summed E-state index contributed by atoms with van der Waals surface area (Å²) in [5.74, 6) is 1.06. The number of furan rings is 1. The average Bonchev–Trinajstić information content (AvgIpc) is 3.14. The third-order valence-corrected chi connectivity index (χ3v) is 4.23. The van der Waals surface area contributed by atoms with E-state index in [0.29, 0.717) is 40.1 Å². The van der Waals surface area contributed by atoms with Gasteiger partial charge in [-0.2, -0.15) is 14.8 Å². The Labute approximate surface area is 146 Å². The van der Waals surface area contributed by atoms with Crippen LogP contribution in [0.1, 0.15) is 12.8 Å². The normalized spacial score (nSPS) is 14.0. The minimum atomic E-state index is -1.14. The van der Waals surface area contributed by atoms with Gasteiger partial charge in [0.15, 0.2) is 11.4 Å². The molecule has 0 saturated heterocycles. The van der Waals surface area contributed by atoms with Gasteiger partial charge in [-0.05, 0) is 31.0 Å². The van der Waals surface area contributed by atoms with Crippen molar-refractivity contribution in [3.05, 3.63) is 36.7 Å². The molecule has 3 heterocycles. The van der Waals surface area contributed by atoms with Crippen molar-refractivity contribution >= 4 is 45.5 Å². The number of hydrogen-bond acceptors (Lipinski definition) is 7. The molecule has 3 N–H and O–H groups in total. The number of aromatic nitrogens is 4. The van der Waals surface area contributed by atoms with Crippen molar-refractivity contribution in [3.8, 4) is 0 Å². The highest BCUT2D eigenvalue weighted by Crippen LogP contribution is 2.30. The fourth-order valence-corrected chi connectivity index (χ4v) is 2.82. The van der Waals surface area contributed by atoms with Crippen LogP contribution in [0.15, 0.2) is 41.1 Å². The highest BCUT2D eigenvalue weighted by Gasteiger charge is 2.23. The maximum absolute atomic E-state index is 11.3. The number of carboxylic acid groups (broad SMARTS) is 1. The van der Waals surface area contributed by atoms with E-state index in [9.17, 15) is 9.90 Å². The molecule has 5 rings (SSSR count). The predicted molar refractivity (Wildman–Crippen MR) is 94.9 cm³/mol. The van der Waals surface area contributed by atoms with E-state index < -0.39 is 6.09 Å². The van der Waals surface area contributed by atoms with Gasteiger partial charge < -0.3 is 20.2 Å². The summed E-state index contributed by atoms with van der Waals surface area (Å²) in [4.78, 5) is 20.2. The van der Waals surface area contributed by atoms with Crippen LogP contribution in [0.2, 0.25) is 0 Å². The Morgan fingerprint density at radius 2 is 2.15 bits per heavy atom. The molecule has 0 spiro atoms. The van der Waals surface area contributed by atoms with Crippen molar-refractivity contribution in [3.63, 3.8) is 0 Å². The molecule has 0 unspecified atom stereocenters. The lowest BCUT2D eigenvalue weighted by Gasteiger charge is -2.09. The summed E-state index contributed by atoms with van der Waals surface area (Å²) in [5.41, 5.74) is 2.48.